The lowest BCUT2D eigenvalue weighted by Gasteiger charge is -2.37. The second kappa shape index (κ2) is 6.88. The van der Waals surface area contributed by atoms with Gasteiger partial charge in [0.1, 0.15) is 0 Å². The van der Waals surface area contributed by atoms with E-state index in [0.717, 1.165) is 26.3 Å². The lowest BCUT2D eigenvalue weighted by Crippen LogP contribution is -2.46. The Morgan fingerprint density at radius 1 is 1.33 bits per heavy atom. The second-order valence-electron chi connectivity index (χ2n) is 6.84. The highest BCUT2D eigenvalue weighted by molar-refractivity contribution is 4.86. The quantitative estimate of drug-likeness (QED) is 0.789. The number of ether oxygens (including phenoxy) is 1. The van der Waals surface area contributed by atoms with Crippen LogP contribution in [0.5, 0.6) is 0 Å². The van der Waals surface area contributed by atoms with Crippen LogP contribution in [0.4, 0.5) is 0 Å². The van der Waals surface area contributed by atoms with Crippen LogP contribution in [0.1, 0.15) is 41.0 Å². The highest BCUT2D eigenvalue weighted by atomic mass is 16.5. The molecule has 0 spiro atoms. The van der Waals surface area contributed by atoms with Gasteiger partial charge in [-0.3, -0.25) is 0 Å². The Hall–Kier alpha value is -0.120. The molecular formula is C15H32N2O. The lowest BCUT2D eigenvalue weighted by molar-refractivity contribution is 0.112. The topological polar surface area (TPSA) is 24.5 Å². The van der Waals surface area contributed by atoms with Crippen molar-refractivity contribution in [1.29, 1.82) is 0 Å². The molecular weight excluding hydrogens is 224 g/mol. The van der Waals surface area contributed by atoms with Gasteiger partial charge in [0.2, 0.25) is 0 Å². The van der Waals surface area contributed by atoms with E-state index in [2.05, 4.69) is 51.9 Å². The van der Waals surface area contributed by atoms with Crippen LogP contribution in [0.25, 0.3) is 0 Å². The molecule has 1 fully saturated rings. The normalized spacial score (nSPS) is 26.8. The first-order valence-electron chi connectivity index (χ1n) is 7.37. The van der Waals surface area contributed by atoms with Crippen LogP contribution >= 0.6 is 0 Å². The van der Waals surface area contributed by atoms with E-state index in [1.165, 1.54) is 6.42 Å². The van der Waals surface area contributed by atoms with Crippen LogP contribution in [0, 0.1) is 11.3 Å². The monoisotopic (exact) mass is 256 g/mol. The van der Waals surface area contributed by atoms with E-state index >= 15 is 0 Å². The molecule has 0 aromatic carbocycles. The molecule has 0 aliphatic carbocycles. The minimum Gasteiger partial charge on any atom is -0.379 e. The second-order valence-corrected chi connectivity index (χ2v) is 6.84. The van der Waals surface area contributed by atoms with Crippen molar-refractivity contribution in [2.24, 2.45) is 11.3 Å². The summed E-state index contributed by atoms with van der Waals surface area (Å²) in [6, 6.07) is 1.13. The summed E-state index contributed by atoms with van der Waals surface area (Å²) in [4.78, 5) is 2.49. The first kappa shape index (κ1) is 15.9. The third-order valence-corrected chi connectivity index (χ3v) is 4.29. The molecule has 1 heterocycles. The molecule has 0 aromatic rings. The van der Waals surface area contributed by atoms with Gasteiger partial charge in [-0.15, -0.1) is 0 Å². The Labute approximate surface area is 113 Å². The van der Waals surface area contributed by atoms with E-state index in [4.69, 9.17) is 4.74 Å². The Kier molecular flexibility index (Phi) is 6.09. The molecule has 3 nitrogen and oxygen atoms in total. The Morgan fingerprint density at radius 3 is 2.56 bits per heavy atom. The molecule has 3 heteroatoms. The molecule has 108 valence electrons. The average molecular weight is 256 g/mol. The molecule has 1 N–H and O–H groups in total. The van der Waals surface area contributed by atoms with Crippen molar-refractivity contribution in [1.82, 2.24) is 10.2 Å². The van der Waals surface area contributed by atoms with Crippen LogP contribution in [0.3, 0.4) is 0 Å². The molecule has 0 aromatic heterocycles. The SMILES string of the molecule is CCCNC1COCC1CN(C)C(C)C(C)(C)C. The average Bonchev–Trinajstić information content (AvgIpc) is 2.71. The van der Waals surface area contributed by atoms with Crippen molar-refractivity contribution in [3.05, 3.63) is 0 Å². The van der Waals surface area contributed by atoms with Crippen molar-refractivity contribution >= 4 is 0 Å². The molecule has 1 aliphatic heterocycles. The highest BCUT2D eigenvalue weighted by Gasteiger charge is 2.31. The molecule has 0 bridgehead atoms. The summed E-state index contributed by atoms with van der Waals surface area (Å²) in [5, 5.41) is 3.61. The molecule has 1 rings (SSSR count). The van der Waals surface area contributed by atoms with Crippen LogP contribution in [-0.4, -0.2) is 50.3 Å². The fourth-order valence-corrected chi connectivity index (χ4v) is 2.52. The van der Waals surface area contributed by atoms with Crippen LogP contribution < -0.4 is 5.32 Å². The summed E-state index contributed by atoms with van der Waals surface area (Å²) < 4.78 is 5.64. The molecule has 0 radical (unpaired) electrons. The van der Waals surface area contributed by atoms with Crippen molar-refractivity contribution in [3.63, 3.8) is 0 Å². The van der Waals surface area contributed by atoms with E-state index in [1.54, 1.807) is 0 Å². The molecule has 3 atom stereocenters. The van der Waals surface area contributed by atoms with Crippen molar-refractivity contribution in [3.8, 4) is 0 Å². The Balaban J connectivity index is 2.45. The van der Waals surface area contributed by atoms with Crippen LogP contribution in [0.15, 0.2) is 0 Å². The largest absolute Gasteiger partial charge is 0.379 e. The molecule has 0 amide bonds. The van der Waals surface area contributed by atoms with Crippen LogP contribution in [0.2, 0.25) is 0 Å². The van der Waals surface area contributed by atoms with Crippen LogP contribution in [-0.2, 0) is 4.74 Å². The van der Waals surface area contributed by atoms with Gasteiger partial charge in [0.25, 0.3) is 0 Å². The smallest absolute Gasteiger partial charge is 0.0623 e. The standard InChI is InChI=1S/C15H32N2O/c1-7-8-16-14-11-18-10-13(14)9-17(6)12(2)15(3,4)5/h12-14,16H,7-11H2,1-6H3. The predicted octanol–water partition coefficient (Wildman–Crippen LogP) is 2.37. The predicted molar refractivity (Wildman–Crippen MR) is 77.9 cm³/mol. The maximum absolute atomic E-state index is 5.64. The minimum absolute atomic E-state index is 0.334. The third-order valence-electron chi connectivity index (χ3n) is 4.29. The van der Waals surface area contributed by atoms with Gasteiger partial charge in [0.15, 0.2) is 0 Å². The lowest BCUT2D eigenvalue weighted by atomic mass is 9.86. The fourth-order valence-electron chi connectivity index (χ4n) is 2.52. The van der Waals surface area contributed by atoms with E-state index in [1.807, 2.05) is 0 Å². The summed E-state index contributed by atoms with van der Waals surface area (Å²) in [6.07, 6.45) is 1.19. The Morgan fingerprint density at radius 2 is 2.00 bits per heavy atom. The van der Waals surface area contributed by atoms with E-state index in [0.29, 0.717) is 23.4 Å². The van der Waals surface area contributed by atoms with Gasteiger partial charge in [-0.2, -0.15) is 0 Å². The van der Waals surface area contributed by atoms with Crippen molar-refractivity contribution in [2.75, 3.05) is 33.4 Å². The van der Waals surface area contributed by atoms with E-state index in [-0.39, 0.29) is 0 Å². The van der Waals surface area contributed by atoms with Gasteiger partial charge in [0, 0.05) is 24.5 Å². The molecule has 1 saturated heterocycles. The van der Waals surface area contributed by atoms with Crippen molar-refractivity contribution in [2.45, 2.75) is 53.1 Å². The van der Waals surface area contributed by atoms with Gasteiger partial charge in [-0.1, -0.05) is 27.7 Å². The first-order valence-corrected chi connectivity index (χ1v) is 7.37. The number of rotatable bonds is 6. The number of hydrogen-bond acceptors (Lipinski definition) is 3. The van der Waals surface area contributed by atoms with Gasteiger partial charge in [0.05, 0.1) is 13.2 Å². The summed E-state index contributed by atoms with van der Waals surface area (Å²) in [5.41, 5.74) is 0.334. The van der Waals surface area contributed by atoms with Gasteiger partial charge >= 0.3 is 0 Å². The third kappa shape index (κ3) is 4.52. The Bertz CT molecular complexity index is 237. The fraction of sp³-hybridized carbons (Fsp3) is 1.00. The highest BCUT2D eigenvalue weighted by Crippen LogP contribution is 2.25. The molecule has 0 saturated carbocycles. The zero-order chi connectivity index (χ0) is 13.8. The number of nitrogens with zero attached hydrogens (tertiary/aromatic N) is 1. The molecule has 1 aliphatic rings. The summed E-state index contributed by atoms with van der Waals surface area (Å²) in [7, 11) is 2.24. The van der Waals surface area contributed by atoms with E-state index < -0.39 is 0 Å². The van der Waals surface area contributed by atoms with Gasteiger partial charge < -0.3 is 15.0 Å². The molecule has 18 heavy (non-hydrogen) atoms. The van der Waals surface area contributed by atoms with Crippen molar-refractivity contribution < 1.29 is 4.74 Å². The summed E-state index contributed by atoms with van der Waals surface area (Å²) in [5.74, 6) is 0.631. The summed E-state index contributed by atoms with van der Waals surface area (Å²) >= 11 is 0. The number of hydrogen-bond donors (Lipinski definition) is 1. The maximum Gasteiger partial charge on any atom is 0.0623 e. The minimum atomic E-state index is 0.334. The zero-order valence-electron chi connectivity index (χ0n) is 13.1. The zero-order valence-corrected chi connectivity index (χ0v) is 13.1. The van der Waals surface area contributed by atoms with Gasteiger partial charge in [-0.25, -0.2) is 0 Å². The molecule has 3 unspecified atom stereocenters. The summed E-state index contributed by atoms with van der Waals surface area (Å²) in [6.45, 7) is 15.5. The van der Waals surface area contributed by atoms with E-state index in [9.17, 15) is 0 Å². The number of nitrogens with one attached hydrogen (secondary N) is 1. The first-order chi connectivity index (χ1) is 8.36. The van der Waals surface area contributed by atoms with Gasteiger partial charge in [-0.05, 0) is 32.4 Å². The maximum atomic E-state index is 5.64.